The molecule has 0 bridgehead atoms. The highest BCUT2D eigenvalue weighted by atomic mass is 19.4. The van der Waals surface area contributed by atoms with Gasteiger partial charge in [0.25, 0.3) is 0 Å². The first kappa shape index (κ1) is 23.9. The summed E-state index contributed by atoms with van der Waals surface area (Å²) in [4.78, 5) is 17.8. The van der Waals surface area contributed by atoms with E-state index in [0.717, 1.165) is 54.7 Å². The zero-order chi connectivity index (χ0) is 22.9. The highest BCUT2D eigenvalue weighted by Crippen LogP contribution is 2.32. The summed E-state index contributed by atoms with van der Waals surface area (Å²) >= 11 is 0. The Morgan fingerprint density at radius 2 is 1.97 bits per heavy atom. The number of hydrogen-bond donors (Lipinski definition) is 4. The van der Waals surface area contributed by atoms with Gasteiger partial charge in [0.15, 0.2) is 5.65 Å². The zero-order valence-electron chi connectivity index (χ0n) is 16.7. The van der Waals surface area contributed by atoms with E-state index in [0.29, 0.717) is 11.6 Å². The Labute approximate surface area is 175 Å². The van der Waals surface area contributed by atoms with Crippen LogP contribution in [0.4, 0.5) is 19.1 Å². The molecule has 0 saturated heterocycles. The van der Waals surface area contributed by atoms with E-state index in [1.54, 1.807) is 13.3 Å². The normalized spacial score (nSPS) is 11.0. The van der Waals surface area contributed by atoms with Crippen LogP contribution < -0.4 is 15.8 Å². The third kappa shape index (κ3) is 6.81. The van der Waals surface area contributed by atoms with Crippen LogP contribution in [0.3, 0.4) is 0 Å². The summed E-state index contributed by atoms with van der Waals surface area (Å²) < 4.78 is 37.2. The van der Waals surface area contributed by atoms with E-state index in [9.17, 15) is 13.2 Å². The number of benzene rings is 1. The van der Waals surface area contributed by atoms with Crippen LogP contribution in [0.5, 0.6) is 5.75 Å². The minimum Gasteiger partial charge on any atom is -0.496 e. The van der Waals surface area contributed by atoms with Gasteiger partial charge in [-0.05, 0) is 31.5 Å². The van der Waals surface area contributed by atoms with Crippen LogP contribution in [0.25, 0.3) is 22.3 Å². The molecule has 0 unspecified atom stereocenters. The van der Waals surface area contributed by atoms with Crippen LogP contribution in [0.2, 0.25) is 0 Å². The standard InChI is InChI=1S/C17H22N6O.C2HF3O2/c1-24-14-8-4-3-7-12(14)15-13-11-20-17(21-16(13)23-22-15)19-10-6-2-5-9-18;3-2(4,5)1(6)7/h3-4,7-8,11H,2,5-6,9-10,18H2,1H3,(H2,19,20,21,22,23);(H,6,7). The SMILES string of the molecule is COc1ccccc1-c1[nH]nc2nc(NCCCCCN)ncc12.O=C(O)C(F)(F)F. The van der Waals surface area contributed by atoms with E-state index in [2.05, 4.69) is 25.5 Å². The van der Waals surface area contributed by atoms with Gasteiger partial charge < -0.3 is 20.9 Å². The number of anilines is 1. The number of nitrogens with zero attached hydrogens (tertiary/aromatic N) is 3. The third-order valence-corrected chi connectivity index (χ3v) is 4.09. The van der Waals surface area contributed by atoms with E-state index >= 15 is 0 Å². The number of aliphatic carboxylic acids is 1. The molecule has 0 fully saturated rings. The molecule has 3 aromatic rings. The minimum absolute atomic E-state index is 0.591. The molecule has 12 heteroatoms. The fourth-order valence-corrected chi connectivity index (χ4v) is 2.59. The maximum Gasteiger partial charge on any atom is 0.490 e. The average Bonchev–Trinajstić information content (AvgIpc) is 3.16. The van der Waals surface area contributed by atoms with Gasteiger partial charge in [-0.25, -0.2) is 9.78 Å². The summed E-state index contributed by atoms with van der Waals surface area (Å²) in [6, 6.07) is 7.79. The Morgan fingerprint density at radius 1 is 1.26 bits per heavy atom. The summed E-state index contributed by atoms with van der Waals surface area (Å²) in [6.45, 7) is 1.57. The summed E-state index contributed by atoms with van der Waals surface area (Å²) in [5, 5.41) is 18.6. The zero-order valence-corrected chi connectivity index (χ0v) is 16.7. The van der Waals surface area contributed by atoms with Gasteiger partial charge in [0.2, 0.25) is 5.95 Å². The first-order valence-electron chi connectivity index (χ1n) is 9.36. The number of methoxy groups -OCH3 is 1. The number of carboxylic acids is 1. The number of fused-ring (bicyclic) bond motifs is 1. The van der Waals surface area contributed by atoms with Crippen molar-refractivity contribution in [2.75, 3.05) is 25.5 Å². The molecule has 0 aliphatic rings. The van der Waals surface area contributed by atoms with Gasteiger partial charge in [-0.15, -0.1) is 0 Å². The molecule has 2 heterocycles. The number of nitrogens with one attached hydrogen (secondary N) is 2. The Hall–Kier alpha value is -3.41. The van der Waals surface area contributed by atoms with Crippen molar-refractivity contribution in [3.8, 4) is 17.0 Å². The number of nitrogens with two attached hydrogens (primary N) is 1. The van der Waals surface area contributed by atoms with Crippen LogP contribution in [0.15, 0.2) is 30.5 Å². The topological polar surface area (TPSA) is 139 Å². The number of rotatable bonds is 8. The summed E-state index contributed by atoms with van der Waals surface area (Å²) in [6.07, 6.45) is -0.100. The molecule has 31 heavy (non-hydrogen) atoms. The molecule has 1 aromatic carbocycles. The van der Waals surface area contributed by atoms with Gasteiger partial charge in [0.05, 0.1) is 18.2 Å². The van der Waals surface area contributed by atoms with E-state index in [1.807, 2.05) is 24.3 Å². The van der Waals surface area contributed by atoms with Crippen molar-refractivity contribution >= 4 is 23.0 Å². The molecule has 0 amide bonds. The second kappa shape index (κ2) is 11.1. The van der Waals surface area contributed by atoms with Gasteiger partial charge in [0, 0.05) is 18.3 Å². The molecule has 0 radical (unpaired) electrons. The van der Waals surface area contributed by atoms with Crippen molar-refractivity contribution in [1.82, 2.24) is 20.2 Å². The van der Waals surface area contributed by atoms with E-state index < -0.39 is 12.1 Å². The number of H-pyrrole nitrogens is 1. The van der Waals surface area contributed by atoms with Gasteiger partial charge in [-0.1, -0.05) is 18.6 Å². The lowest BCUT2D eigenvalue weighted by Gasteiger charge is -2.06. The van der Waals surface area contributed by atoms with Crippen molar-refractivity contribution in [3.63, 3.8) is 0 Å². The van der Waals surface area contributed by atoms with Gasteiger partial charge >= 0.3 is 12.1 Å². The fourth-order valence-electron chi connectivity index (χ4n) is 2.59. The molecule has 0 aliphatic heterocycles. The molecule has 168 valence electrons. The number of alkyl halides is 3. The van der Waals surface area contributed by atoms with E-state index in [1.165, 1.54) is 0 Å². The maximum atomic E-state index is 10.6. The number of halogens is 3. The number of hydrogen-bond acceptors (Lipinski definition) is 7. The molecule has 0 atom stereocenters. The van der Waals surface area contributed by atoms with Crippen molar-refractivity contribution < 1.29 is 27.8 Å². The first-order chi connectivity index (χ1) is 14.8. The van der Waals surface area contributed by atoms with Crippen LogP contribution in [0.1, 0.15) is 19.3 Å². The molecular formula is C19H23F3N6O3. The number of carboxylic acid groups (broad SMARTS) is 1. The Morgan fingerprint density at radius 3 is 2.61 bits per heavy atom. The average molecular weight is 440 g/mol. The molecule has 0 saturated carbocycles. The second-order valence-corrected chi connectivity index (χ2v) is 6.31. The molecule has 2 aromatic heterocycles. The summed E-state index contributed by atoms with van der Waals surface area (Å²) in [7, 11) is 1.65. The minimum atomic E-state index is -5.08. The summed E-state index contributed by atoms with van der Waals surface area (Å²) in [5.41, 5.74) is 7.92. The van der Waals surface area contributed by atoms with Gasteiger partial charge in [0.1, 0.15) is 5.75 Å². The predicted molar refractivity (Wildman–Crippen MR) is 109 cm³/mol. The van der Waals surface area contributed by atoms with E-state index in [4.69, 9.17) is 20.4 Å². The molecule has 3 rings (SSSR count). The smallest absolute Gasteiger partial charge is 0.490 e. The van der Waals surface area contributed by atoms with Crippen molar-refractivity contribution in [2.45, 2.75) is 25.4 Å². The number of aromatic amines is 1. The summed E-state index contributed by atoms with van der Waals surface area (Å²) in [5.74, 6) is -1.38. The lowest BCUT2D eigenvalue weighted by molar-refractivity contribution is -0.192. The van der Waals surface area contributed by atoms with Gasteiger partial charge in [-0.2, -0.15) is 23.3 Å². The lowest BCUT2D eigenvalue weighted by atomic mass is 10.1. The van der Waals surface area contributed by atoms with Crippen LogP contribution >= 0.6 is 0 Å². The Balaban J connectivity index is 0.000000423. The maximum absolute atomic E-state index is 10.6. The number of para-hydroxylation sites is 1. The van der Waals surface area contributed by atoms with E-state index in [-0.39, 0.29) is 0 Å². The van der Waals surface area contributed by atoms with Crippen LogP contribution in [0, 0.1) is 0 Å². The van der Waals surface area contributed by atoms with Crippen LogP contribution in [-0.2, 0) is 4.79 Å². The Kier molecular flexibility index (Phi) is 8.55. The largest absolute Gasteiger partial charge is 0.496 e. The highest BCUT2D eigenvalue weighted by Gasteiger charge is 2.38. The number of aromatic nitrogens is 4. The molecule has 0 aliphatic carbocycles. The molecular weight excluding hydrogens is 417 g/mol. The fraction of sp³-hybridized carbons (Fsp3) is 0.368. The highest BCUT2D eigenvalue weighted by molar-refractivity contribution is 5.92. The number of unbranched alkanes of at least 4 members (excludes halogenated alkanes) is 2. The lowest BCUT2D eigenvalue weighted by Crippen LogP contribution is -2.21. The number of carbonyl (C=O) groups is 1. The molecule has 9 nitrogen and oxygen atoms in total. The monoisotopic (exact) mass is 440 g/mol. The first-order valence-corrected chi connectivity index (χ1v) is 9.36. The molecule has 5 N–H and O–H groups in total. The Bertz CT molecular complexity index is 993. The van der Waals surface area contributed by atoms with Crippen molar-refractivity contribution in [1.29, 1.82) is 0 Å². The van der Waals surface area contributed by atoms with Crippen molar-refractivity contribution in [3.05, 3.63) is 30.5 Å². The second-order valence-electron chi connectivity index (χ2n) is 6.31. The predicted octanol–water partition coefficient (Wildman–Crippen LogP) is 3.20. The van der Waals surface area contributed by atoms with Crippen molar-refractivity contribution in [2.24, 2.45) is 5.73 Å². The quantitative estimate of drug-likeness (QED) is 0.392. The van der Waals surface area contributed by atoms with Gasteiger partial charge in [-0.3, -0.25) is 5.10 Å². The van der Waals surface area contributed by atoms with Crippen LogP contribution in [-0.4, -0.2) is 57.6 Å². The molecule has 0 spiro atoms. The third-order valence-electron chi connectivity index (χ3n) is 4.09. The number of ether oxygens (including phenoxy) is 1.